The zero-order valence-electron chi connectivity index (χ0n) is 21.8. The molecular formula is C33H27IN4O2. The fraction of sp³-hybridized carbons (Fsp3) is 0.0606. The summed E-state index contributed by atoms with van der Waals surface area (Å²) in [7, 11) is 0. The predicted octanol–water partition coefficient (Wildman–Crippen LogP) is 6.54. The Labute approximate surface area is 246 Å². The molecule has 198 valence electrons. The Balaban J connectivity index is 1.55. The van der Waals surface area contributed by atoms with E-state index in [2.05, 4.69) is 33.2 Å². The van der Waals surface area contributed by atoms with Gasteiger partial charge in [-0.15, -0.1) is 0 Å². The van der Waals surface area contributed by atoms with E-state index in [0.717, 1.165) is 25.9 Å². The molecule has 0 saturated heterocycles. The van der Waals surface area contributed by atoms with Crippen molar-refractivity contribution < 1.29 is 9.59 Å². The van der Waals surface area contributed by atoms with Gasteiger partial charge < -0.3 is 10.6 Å². The van der Waals surface area contributed by atoms with Gasteiger partial charge in [-0.3, -0.25) is 9.59 Å². The molecule has 0 unspecified atom stereocenters. The summed E-state index contributed by atoms with van der Waals surface area (Å²) in [5, 5.41) is 10.6. The highest BCUT2D eigenvalue weighted by atomic mass is 127. The third-order valence-electron chi connectivity index (χ3n) is 6.28. The van der Waals surface area contributed by atoms with Crippen LogP contribution in [0.2, 0.25) is 0 Å². The third-order valence-corrected chi connectivity index (χ3v) is 7.00. The molecule has 0 radical (unpaired) electrons. The number of benzene rings is 4. The Morgan fingerprint density at radius 2 is 1.50 bits per heavy atom. The van der Waals surface area contributed by atoms with E-state index >= 15 is 0 Å². The number of para-hydroxylation sites is 1. The fourth-order valence-corrected chi connectivity index (χ4v) is 4.48. The fourth-order valence-electron chi connectivity index (χ4n) is 4.12. The lowest BCUT2D eigenvalue weighted by atomic mass is 10.1. The van der Waals surface area contributed by atoms with Gasteiger partial charge in [0.1, 0.15) is 11.4 Å². The van der Waals surface area contributed by atoms with Crippen LogP contribution in [0, 0.1) is 10.5 Å². The summed E-state index contributed by atoms with van der Waals surface area (Å²) >= 11 is 2.26. The van der Waals surface area contributed by atoms with Crippen molar-refractivity contribution in [3.05, 3.63) is 147 Å². The number of nitrogens with zero attached hydrogens (tertiary/aromatic N) is 2. The normalized spacial score (nSPS) is 11.2. The zero-order valence-corrected chi connectivity index (χ0v) is 24.0. The van der Waals surface area contributed by atoms with Crippen LogP contribution < -0.4 is 10.6 Å². The van der Waals surface area contributed by atoms with E-state index in [9.17, 15) is 9.59 Å². The molecule has 0 spiro atoms. The number of carbonyl (C=O) groups excluding carboxylic acids is 2. The number of aryl methyl sites for hydroxylation is 1. The van der Waals surface area contributed by atoms with Crippen molar-refractivity contribution in [2.24, 2.45) is 0 Å². The van der Waals surface area contributed by atoms with Gasteiger partial charge in [0.15, 0.2) is 0 Å². The molecule has 2 amide bonds. The quantitative estimate of drug-likeness (QED) is 0.150. The molecular weight excluding hydrogens is 611 g/mol. The van der Waals surface area contributed by atoms with Gasteiger partial charge in [0, 0.05) is 33.0 Å². The van der Waals surface area contributed by atoms with E-state index in [4.69, 9.17) is 5.10 Å². The Hall–Kier alpha value is -4.50. The number of rotatable bonds is 8. The molecule has 1 heterocycles. The van der Waals surface area contributed by atoms with Crippen molar-refractivity contribution in [1.29, 1.82) is 0 Å². The van der Waals surface area contributed by atoms with Crippen LogP contribution >= 0.6 is 22.6 Å². The number of carbonyl (C=O) groups is 2. The van der Waals surface area contributed by atoms with E-state index in [0.29, 0.717) is 23.4 Å². The van der Waals surface area contributed by atoms with Crippen molar-refractivity contribution in [2.75, 3.05) is 0 Å². The van der Waals surface area contributed by atoms with Crippen molar-refractivity contribution in [3.63, 3.8) is 0 Å². The Kier molecular flexibility index (Phi) is 8.51. The van der Waals surface area contributed by atoms with Crippen LogP contribution in [0.25, 0.3) is 23.0 Å². The van der Waals surface area contributed by atoms with Gasteiger partial charge in [-0.2, -0.15) is 5.10 Å². The molecule has 40 heavy (non-hydrogen) atoms. The first kappa shape index (κ1) is 27.1. The molecule has 4 aromatic carbocycles. The van der Waals surface area contributed by atoms with Crippen molar-refractivity contribution in [1.82, 2.24) is 20.4 Å². The molecule has 5 rings (SSSR count). The maximum atomic E-state index is 13.5. The van der Waals surface area contributed by atoms with Gasteiger partial charge in [-0.05, 0) is 77.6 Å². The van der Waals surface area contributed by atoms with Gasteiger partial charge in [0.25, 0.3) is 11.8 Å². The highest BCUT2D eigenvalue weighted by molar-refractivity contribution is 14.1. The molecule has 0 aliphatic carbocycles. The second-order valence-corrected chi connectivity index (χ2v) is 10.5. The van der Waals surface area contributed by atoms with Crippen LogP contribution in [0.5, 0.6) is 0 Å². The summed E-state index contributed by atoms with van der Waals surface area (Å²) < 4.78 is 2.88. The smallest absolute Gasteiger partial charge is 0.268 e. The average molecular weight is 639 g/mol. The van der Waals surface area contributed by atoms with Gasteiger partial charge in [0.05, 0.1) is 5.69 Å². The standard InChI is InChI=1S/C33H27IN4O2/c1-23-12-14-26(15-13-23)32(39)36-30(33(40)35-21-24-8-4-2-5-9-24)20-27-22-38(29-10-6-3-7-11-29)37-31(27)25-16-18-28(34)19-17-25/h2-20,22H,21H2,1H3,(H,35,40)(H,36,39)/b30-20-. The highest BCUT2D eigenvalue weighted by Gasteiger charge is 2.18. The van der Waals surface area contributed by atoms with E-state index < -0.39 is 5.91 Å². The second kappa shape index (κ2) is 12.6. The lowest BCUT2D eigenvalue weighted by molar-refractivity contribution is -0.117. The number of amides is 2. The van der Waals surface area contributed by atoms with E-state index in [-0.39, 0.29) is 11.6 Å². The maximum Gasteiger partial charge on any atom is 0.268 e. The van der Waals surface area contributed by atoms with E-state index in [1.54, 1.807) is 22.9 Å². The Bertz CT molecular complexity index is 1640. The zero-order chi connectivity index (χ0) is 27.9. The Morgan fingerprint density at radius 3 is 2.17 bits per heavy atom. The summed E-state index contributed by atoms with van der Waals surface area (Å²) in [4.78, 5) is 26.7. The summed E-state index contributed by atoms with van der Waals surface area (Å²) in [5.74, 6) is -0.766. The summed E-state index contributed by atoms with van der Waals surface area (Å²) in [6.45, 7) is 2.28. The summed E-state index contributed by atoms with van der Waals surface area (Å²) in [5.41, 5.74) is 5.76. The van der Waals surface area contributed by atoms with Gasteiger partial charge in [0.2, 0.25) is 0 Å². The number of hydrogen-bond acceptors (Lipinski definition) is 3. The van der Waals surface area contributed by atoms with Crippen LogP contribution in [-0.4, -0.2) is 21.6 Å². The first-order valence-corrected chi connectivity index (χ1v) is 13.9. The van der Waals surface area contributed by atoms with Crippen molar-refractivity contribution in [2.45, 2.75) is 13.5 Å². The predicted molar refractivity (Wildman–Crippen MR) is 167 cm³/mol. The van der Waals surface area contributed by atoms with Crippen LogP contribution in [-0.2, 0) is 11.3 Å². The number of hydrogen-bond donors (Lipinski definition) is 2. The molecule has 0 atom stereocenters. The first-order chi connectivity index (χ1) is 19.5. The summed E-state index contributed by atoms with van der Waals surface area (Å²) in [6, 6.07) is 34.6. The minimum atomic E-state index is -0.398. The molecule has 0 aliphatic rings. The molecule has 1 aromatic heterocycles. The molecule has 7 heteroatoms. The minimum absolute atomic E-state index is 0.126. The maximum absolute atomic E-state index is 13.5. The lowest BCUT2D eigenvalue weighted by Crippen LogP contribution is -2.34. The molecule has 0 bridgehead atoms. The molecule has 0 fully saturated rings. The monoisotopic (exact) mass is 638 g/mol. The van der Waals surface area contributed by atoms with Gasteiger partial charge in [-0.25, -0.2) is 4.68 Å². The van der Waals surface area contributed by atoms with Gasteiger partial charge >= 0.3 is 0 Å². The topological polar surface area (TPSA) is 76.0 Å². The van der Waals surface area contributed by atoms with Crippen LogP contribution in [0.3, 0.4) is 0 Å². The highest BCUT2D eigenvalue weighted by Crippen LogP contribution is 2.26. The second-order valence-electron chi connectivity index (χ2n) is 9.27. The molecule has 6 nitrogen and oxygen atoms in total. The minimum Gasteiger partial charge on any atom is -0.347 e. The van der Waals surface area contributed by atoms with E-state index in [1.807, 2.05) is 110 Å². The van der Waals surface area contributed by atoms with Crippen LogP contribution in [0.4, 0.5) is 0 Å². The van der Waals surface area contributed by atoms with E-state index in [1.165, 1.54) is 0 Å². The van der Waals surface area contributed by atoms with Crippen LogP contribution in [0.15, 0.2) is 121 Å². The number of aromatic nitrogens is 2. The van der Waals surface area contributed by atoms with Crippen molar-refractivity contribution >= 4 is 40.5 Å². The first-order valence-electron chi connectivity index (χ1n) is 12.8. The molecule has 0 aliphatic heterocycles. The van der Waals surface area contributed by atoms with Crippen molar-refractivity contribution in [3.8, 4) is 16.9 Å². The molecule has 2 N–H and O–H groups in total. The SMILES string of the molecule is Cc1ccc(C(=O)N/C(=C\c2cn(-c3ccccc3)nc2-c2ccc(I)cc2)C(=O)NCc2ccccc2)cc1. The third kappa shape index (κ3) is 6.73. The molecule has 0 saturated carbocycles. The largest absolute Gasteiger partial charge is 0.347 e. The Morgan fingerprint density at radius 1 is 0.850 bits per heavy atom. The lowest BCUT2D eigenvalue weighted by Gasteiger charge is -2.12. The molecule has 5 aromatic rings. The number of nitrogens with one attached hydrogen (secondary N) is 2. The van der Waals surface area contributed by atoms with Gasteiger partial charge in [-0.1, -0.05) is 78.4 Å². The van der Waals surface area contributed by atoms with Crippen LogP contribution in [0.1, 0.15) is 27.0 Å². The number of halogens is 1. The summed E-state index contributed by atoms with van der Waals surface area (Å²) in [6.07, 6.45) is 3.55. The average Bonchev–Trinajstić information content (AvgIpc) is 3.41.